The number of aromatic nitrogens is 4. The highest BCUT2D eigenvalue weighted by atomic mass is 35.5. The maximum Gasteiger partial charge on any atom is 0.263 e. The summed E-state index contributed by atoms with van der Waals surface area (Å²) in [7, 11) is 1.55. The molecule has 0 spiro atoms. The molecule has 0 fully saturated rings. The van der Waals surface area contributed by atoms with E-state index in [1.54, 1.807) is 32.2 Å². The Hall–Kier alpha value is -3.42. The molecule has 10 nitrogen and oxygen atoms in total. The fourth-order valence-corrected chi connectivity index (χ4v) is 3.50. The van der Waals surface area contributed by atoms with E-state index in [0.717, 1.165) is 0 Å². The molecule has 30 heavy (non-hydrogen) atoms. The van der Waals surface area contributed by atoms with Gasteiger partial charge in [-0.25, -0.2) is 4.98 Å². The number of halogens is 1. The van der Waals surface area contributed by atoms with E-state index in [0.29, 0.717) is 21.7 Å². The average molecular weight is 429 g/mol. The van der Waals surface area contributed by atoms with Crippen molar-refractivity contribution in [2.24, 2.45) is 0 Å². The monoisotopic (exact) mass is 428 g/mol. The third-order valence-electron chi connectivity index (χ3n) is 4.56. The van der Waals surface area contributed by atoms with Crippen LogP contribution in [0.1, 0.15) is 37.3 Å². The predicted molar refractivity (Wildman–Crippen MR) is 115 cm³/mol. The van der Waals surface area contributed by atoms with Gasteiger partial charge in [-0.2, -0.15) is 15.2 Å². The van der Waals surface area contributed by atoms with Crippen molar-refractivity contribution in [2.45, 2.75) is 25.9 Å². The number of hydrogen-bond acceptors (Lipinski definition) is 9. The normalized spacial score (nSPS) is 13.0. The van der Waals surface area contributed by atoms with Crippen LogP contribution in [0.15, 0.2) is 23.0 Å². The molecule has 2 aromatic heterocycles. The Bertz CT molecular complexity index is 1200. The van der Waals surface area contributed by atoms with Gasteiger partial charge in [-0.05, 0) is 26.0 Å². The van der Waals surface area contributed by atoms with Crippen LogP contribution in [-0.2, 0) is 4.74 Å². The molecular weight excluding hydrogens is 408 g/mol. The Labute approximate surface area is 177 Å². The first-order valence-corrected chi connectivity index (χ1v) is 9.45. The summed E-state index contributed by atoms with van der Waals surface area (Å²) in [4.78, 5) is 25.9. The van der Waals surface area contributed by atoms with Gasteiger partial charge in [-0.15, -0.1) is 0 Å². The van der Waals surface area contributed by atoms with Crippen LogP contribution in [0.4, 0.5) is 17.6 Å². The first-order chi connectivity index (χ1) is 14.3. The molecule has 156 valence electrons. The summed E-state index contributed by atoms with van der Waals surface area (Å²) < 4.78 is 6.76. The van der Waals surface area contributed by atoms with E-state index in [9.17, 15) is 10.1 Å². The van der Waals surface area contributed by atoms with Crippen molar-refractivity contribution in [3.8, 4) is 6.07 Å². The number of anilines is 3. The number of nitriles is 1. The van der Waals surface area contributed by atoms with Gasteiger partial charge in [-0.1, -0.05) is 17.7 Å². The largest absolute Gasteiger partial charge is 0.383 e. The molecule has 0 aliphatic carbocycles. The lowest BCUT2D eigenvalue weighted by Crippen LogP contribution is -2.32. The number of nitrogens with one attached hydrogen (secondary N) is 1. The highest BCUT2D eigenvalue weighted by Gasteiger charge is 2.23. The second-order valence-corrected chi connectivity index (χ2v) is 7.16. The SMILES string of the molecule is COC[C@H](C)n1c([C@H](C)Nc2nc(N)nc(N)c2C#N)nc2cccc(Cl)c2c1=O. The summed E-state index contributed by atoms with van der Waals surface area (Å²) in [6.45, 7) is 3.91. The zero-order valence-electron chi connectivity index (χ0n) is 16.7. The summed E-state index contributed by atoms with van der Waals surface area (Å²) in [6, 6.07) is 6.17. The first kappa shape index (κ1) is 21.3. The number of nitrogen functional groups attached to an aromatic ring is 2. The highest BCUT2D eigenvalue weighted by Crippen LogP contribution is 2.26. The Morgan fingerprint density at radius 1 is 1.30 bits per heavy atom. The van der Waals surface area contributed by atoms with Gasteiger partial charge >= 0.3 is 0 Å². The Kier molecular flexibility index (Phi) is 6.05. The second kappa shape index (κ2) is 8.52. The lowest BCUT2D eigenvalue weighted by atomic mass is 10.2. The van der Waals surface area contributed by atoms with Crippen molar-refractivity contribution in [1.82, 2.24) is 19.5 Å². The average Bonchev–Trinajstić information content (AvgIpc) is 2.67. The van der Waals surface area contributed by atoms with Crippen LogP contribution in [0.5, 0.6) is 0 Å². The molecule has 0 amide bonds. The van der Waals surface area contributed by atoms with E-state index in [4.69, 9.17) is 27.8 Å². The minimum Gasteiger partial charge on any atom is -0.383 e. The number of methoxy groups -OCH3 is 1. The predicted octanol–water partition coefficient (Wildman–Crippen LogP) is 2.26. The molecule has 0 saturated carbocycles. The molecule has 1 aromatic carbocycles. The number of nitrogens with two attached hydrogens (primary N) is 2. The molecule has 0 aliphatic heterocycles. The van der Waals surface area contributed by atoms with E-state index < -0.39 is 6.04 Å². The number of nitrogens with zero attached hydrogens (tertiary/aromatic N) is 5. The number of fused-ring (bicyclic) bond motifs is 1. The molecule has 0 saturated heterocycles. The molecule has 0 radical (unpaired) electrons. The minimum absolute atomic E-state index is 0.0388. The Morgan fingerprint density at radius 3 is 2.70 bits per heavy atom. The van der Waals surface area contributed by atoms with Crippen molar-refractivity contribution in [2.75, 3.05) is 30.5 Å². The van der Waals surface area contributed by atoms with Crippen LogP contribution >= 0.6 is 11.6 Å². The third-order valence-corrected chi connectivity index (χ3v) is 4.88. The van der Waals surface area contributed by atoms with Crippen LogP contribution in [0.25, 0.3) is 10.9 Å². The summed E-state index contributed by atoms with van der Waals surface area (Å²) in [5.74, 6) is 0.452. The topological polar surface area (TPSA) is 158 Å². The lowest BCUT2D eigenvalue weighted by molar-refractivity contribution is 0.158. The number of ether oxygens (including phenoxy) is 1. The van der Waals surface area contributed by atoms with Crippen LogP contribution in [0, 0.1) is 11.3 Å². The highest BCUT2D eigenvalue weighted by molar-refractivity contribution is 6.35. The number of hydrogen-bond donors (Lipinski definition) is 3. The summed E-state index contributed by atoms with van der Waals surface area (Å²) in [5, 5.41) is 13.1. The third kappa shape index (κ3) is 3.85. The molecular formula is C19H21ClN8O2. The summed E-state index contributed by atoms with van der Waals surface area (Å²) >= 11 is 6.27. The minimum atomic E-state index is -0.541. The maximum absolute atomic E-state index is 13.3. The lowest BCUT2D eigenvalue weighted by Gasteiger charge is -2.24. The standard InChI is InChI=1S/C19H21ClN8O2/c1-9(8-30-3)28-17(25-13-6-4-5-12(20)14(13)18(28)29)10(2)24-16-11(7-21)15(22)26-19(23)27-16/h4-6,9-10H,8H2,1-3H3,(H5,22,23,24,26,27)/t9-,10-/m0/s1. The second-order valence-electron chi connectivity index (χ2n) is 6.75. The van der Waals surface area contributed by atoms with Crippen LogP contribution in [-0.4, -0.2) is 33.2 Å². The summed E-state index contributed by atoms with van der Waals surface area (Å²) in [5.41, 5.74) is 11.7. The van der Waals surface area contributed by atoms with Crippen LogP contribution < -0.4 is 22.3 Å². The van der Waals surface area contributed by atoms with Crippen molar-refractivity contribution < 1.29 is 4.74 Å². The maximum atomic E-state index is 13.3. The fraction of sp³-hybridized carbons (Fsp3) is 0.316. The van der Waals surface area contributed by atoms with Crippen LogP contribution in [0.3, 0.4) is 0 Å². The summed E-state index contributed by atoms with van der Waals surface area (Å²) in [6.07, 6.45) is 0. The van der Waals surface area contributed by atoms with Crippen molar-refractivity contribution in [1.29, 1.82) is 5.26 Å². The van der Waals surface area contributed by atoms with Crippen molar-refractivity contribution >= 4 is 40.1 Å². The van der Waals surface area contributed by atoms with E-state index in [1.807, 2.05) is 13.0 Å². The van der Waals surface area contributed by atoms with Crippen molar-refractivity contribution in [3.05, 3.63) is 45.0 Å². The van der Waals surface area contributed by atoms with Gasteiger partial charge < -0.3 is 21.5 Å². The van der Waals surface area contributed by atoms with Gasteiger partial charge in [0.2, 0.25) is 5.95 Å². The molecule has 0 bridgehead atoms. The van der Waals surface area contributed by atoms with Gasteiger partial charge in [0, 0.05) is 7.11 Å². The number of benzene rings is 1. The van der Waals surface area contributed by atoms with Gasteiger partial charge in [0.05, 0.1) is 34.6 Å². The molecule has 11 heteroatoms. The zero-order valence-corrected chi connectivity index (χ0v) is 17.4. The van der Waals surface area contributed by atoms with Gasteiger partial charge in [0.25, 0.3) is 5.56 Å². The molecule has 3 aromatic rings. The van der Waals surface area contributed by atoms with E-state index in [1.165, 1.54) is 4.57 Å². The molecule has 3 rings (SSSR count). The van der Waals surface area contributed by atoms with Gasteiger partial charge in [-0.3, -0.25) is 9.36 Å². The van der Waals surface area contributed by atoms with E-state index in [2.05, 4.69) is 20.3 Å². The zero-order chi connectivity index (χ0) is 22.0. The molecule has 5 N–H and O–H groups in total. The van der Waals surface area contributed by atoms with E-state index >= 15 is 0 Å². The quantitative estimate of drug-likeness (QED) is 0.535. The Balaban J connectivity index is 2.19. The van der Waals surface area contributed by atoms with Gasteiger partial charge in [0.1, 0.15) is 23.3 Å². The number of rotatable bonds is 6. The van der Waals surface area contributed by atoms with E-state index in [-0.39, 0.29) is 41.4 Å². The molecule has 2 atom stereocenters. The Morgan fingerprint density at radius 2 is 2.03 bits per heavy atom. The van der Waals surface area contributed by atoms with Crippen LogP contribution in [0.2, 0.25) is 5.02 Å². The molecule has 2 heterocycles. The first-order valence-electron chi connectivity index (χ1n) is 9.07. The molecule has 0 unspecified atom stereocenters. The van der Waals surface area contributed by atoms with Gasteiger partial charge in [0.15, 0.2) is 5.82 Å². The fourth-order valence-electron chi connectivity index (χ4n) is 3.25. The smallest absolute Gasteiger partial charge is 0.263 e. The molecule has 0 aliphatic rings. The van der Waals surface area contributed by atoms with Crippen molar-refractivity contribution in [3.63, 3.8) is 0 Å².